The first-order chi connectivity index (χ1) is 22.5. The van der Waals surface area contributed by atoms with E-state index in [4.69, 9.17) is 22.2 Å². The van der Waals surface area contributed by atoms with Gasteiger partial charge in [-0.15, -0.1) is 0 Å². The van der Waals surface area contributed by atoms with Gasteiger partial charge in [-0.25, -0.2) is 9.97 Å². The smallest absolute Gasteiger partial charge is 0.358 e. The molecule has 240 valence electrons. The molecular weight excluding hydrogens is 638 g/mol. The molecule has 0 spiro atoms. The predicted molar refractivity (Wildman–Crippen MR) is 173 cm³/mol. The number of alkyl halides is 6. The Balaban J connectivity index is 1.25. The number of nitrogens with zero attached hydrogens (tertiary/aromatic N) is 4. The summed E-state index contributed by atoms with van der Waals surface area (Å²) in [5, 5.41) is 7.58. The van der Waals surface area contributed by atoms with E-state index >= 15 is 0 Å². The lowest BCUT2D eigenvalue weighted by Gasteiger charge is -2.35. The highest BCUT2D eigenvalue weighted by atomic mass is 32.1. The Labute approximate surface area is 269 Å². The van der Waals surface area contributed by atoms with Gasteiger partial charge in [-0.1, -0.05) is 49.2 Å². The van der Waals surface area contributed by atoms with Gasteiger partial charge in [0, 0.05) is 28.7 Å². The van der Waals surface area contributed by atoms with Gasteiger partial charge >= 0.3 is 12.4 Å². The number of thiocarbonyl (C=S) groups is 1. The van der Waals surface area contributed by atoms with E-state index in [0.717, 1.165) is 52.1 Å². The van der Waals surface area contributed by atoms with Crippen LogP contribution in [0.4, 0.5) is 32.0 Å². The van der Waals surface area contributed by atoms with Gasteiger partial charge in [0.05, 0.1) is 39.2 Å². The number of anilines is 1. The number of hydrogen-bond acceptors (Lipinski definition) is 4. The monoisotopic (exact) mass is 664 g/mol. The third kappa shape index (κ3) is 6.07. The van der Waals surface area contributed by atoms with Gasteiger partial charge in [-0.3, -0.25) is 4.98 Å². The van der Waals surface area contributed by atoms with Crippen LogP contribution in [-0.4, -0.2) is 30.7 Å². The molecule has 0 radical (unpaired) electrons. The second-order valence-electron chi connectivity index (χ2n) is 11.6. The third-order valence-electron chi connectivity index (χ3n) is 8.48. The van der Waals surface area contributed by atoms with Crippen LogP contribution >= 0.6 is 12.2 Å². The quantitative estimate of drug-likeness (QED) is 0.111. The summed E-state index contributed by atoms with van der Waals surface area (Å²) in [5.74, 6) is 0.631. The van der Waals surface area contributed by atoms with Gasteiger partial charge in [0.2, 0.25) is 0 Å². The average Bonchev–Trinajstić information content (AvgIpc) is 3.43. The molecule has 0 unspecified atom stereocenters. The molecule has 1 aliphatic carbocycles. The van der Waals surface area contributed by atoms with Gasteiger partial charge in [-0.2, -0.15) is 26.3 Å². The van der Waals surface area contributed by atoms with Crippen molar-refractivity contribution in [2.45, 2.75) is 50.1 Å². The van der Waals surface area contributed by atoms with Crippen LogP contribution in [0.25, 0.3) is 44.4 Å². The summed E-state index contributed by atoms with van der Waals surface area (Å²) < 4.78 is 82.9. The number of pyridine rings is 2. The lowest BCUT2D eigenvalue weighted by molar-refractivity contribution is -0.143. The Kier molecular flexibility index (Phi) is 7.74. The van der Waals surface area contributed by atoms with Crippen molar-refractivity contribution in [3.05, 3.63) is 96.2 Å². The lowest BCUT2D eigenvalue weighted by atomic mass is 9.89. The number of imidazole rings is 1. The molecule has 3 aromatic heterocycles. The largest absolute Gasteiger partial charge is 0.416 e. The van der Waals surface area contributed by atoms with Gasteiger partial charge in [0.1, 0.15) is 5.69 Å². The number of halogens is 6. The molecule has 0 amide bonds. The van der Waals surface area contributed by atoms with E-state index in [1.54, 1.807) is 6.20 Å². The Morgan fingerprint density at radius 2 is 1.45 bits per heavy atom. The minimum Gasteiger partial charge on any atom is -0.358 e. The zero-order valence-corrected chi connectivity index (χ0v) is 25.3. The SMILES string of the molecule is FC(F)(F)c1cc(NC(=S)N[C@@H]2CCCC[C@H]2n2c(-c3ccc4ccc5cccnc5c4n3)nc3ccccc32)cc(C(F)(F)F)c1. The van der Waals surface area contributed by atoms with Crippen LogP contribution in [0, 0.1) is 0 Å². The van der Waals surface area contributed by atoms with E-state index in [1.807, 2.05) is 60.7 Å². The number of para-hydroxylation sites is 2. The maximum absolute atomic E-state index is 13.5. The number of nitrogens with one attached hydrogen (secondary N) is 2. The van der Waals surface area contributed by atoms with E-state index in [1.165, 1.54) is 0 Å². The molecule has 2 N–H and O–H groups in total. The number of fused-ring (bicyclic) bond motifs is 4. The summed E-state index contributed by atoms with van der Waals surface area (Å²) in [6, 6.07) is 20.2. The second-order valence-corrected chi connectivity index (χ2v) is 12.0. The molecule has 6 nitrogen and oxygen atoms in total. The van der Waals surface area contributed by atoms with Crippen LogP contribution in [-0.2, 0) is 12.4 Å². The molecule has 0 aliphatic heterocycles. The zero-order chi connectivity index (χ0) is 32.9. The molecule has 2 atom stereocenters. The summed E-state index contributed by atoms with van der Waals surface area (Å²) >= 11 is 5.46. The second kappa shape index (κ2) is 11.8. The van der Waals surface area contributed by atoms with E-state index in [2.05, 4.69) is 20.2 Å². The van der Waals surface area contributed by atoms with Crippen molar-refractivity contribution in [2.75, 3.05) is 5.32 Å². The molecular formula is C34H26F6N6S. The molecule has 1 saturated carbocycles. The highest BCUT2D eigenvalue weighted by Gasteiger charge is 2.37. The molecule has 1 aliphatic rings. The normalized spacial score (nSPS) is 17.3. The first-order valence-corrected chi connectivity index (χ1v) is 15.4. The van der Waals surface area contributed by atoms with Crippen LogP contribution in [0.1, 0.15) is 42.9 Å². The summed E-state index contributed by atoms with van der Waals surface area (Å²) in [6.07, 6.45) is -5.08. The predicted octanol–water partition coefficient (Wildman–Crippen LogP) is 9.31. The van der Waals surface area contributed by atoms with Crippen molar-refractivity contribution in [3.63, 3.8) is 0 Å². The molecule has 3 heterocycles. The highest BCUT2D eigenvalue weighted by Crippen LogP contribution is 2.39. The Morgan fingerprint density at radius 3 is 2.19 bits per heavy atom. The average molecular weight is 665 g/mol. The fraction of sp³-hybridized carbons (Fsp3) is 0.235. The summed E-state index contributed by atoms with van der Waals surface area (Å²) in [7, 11) is 0. The molecule has 3 aromatic carbocycles. The Morgan fingerprint density at radius 1 is 0.766 bits per heavy atom. The summed E-state index contributed by atoms with van der Waals surface area (Å²) in [6.45, 7) is 0. The van der Waals surface area contributed by atoms with E-state index in [-0.39, 0.29) is 23.3 Å². The number of rotatable bonds is 4. The minimum absolute atomic E-state index is 0.0818. The highest BCUT2D eigenvalue weighted by molar-refractivity contribution is 7.80. The van der Waals surface area contributed by atoms with Gasteiger partial charge < -0.3 is 15.2 Å². The zero-order valence-electron chi connectivity index (χ0n) is 24.5. The number of aromatic nitrogens is 4. The van der Waals surface area contributed by atoms with Crippen LogP contribution in [0.3, 0.4) is 0 Å². The summed E-state index contributed by atoms with van der Waals surface area (Å²) in [5.41, 5.74) is 0.517. The molecule has 0 saturated heterocycles. The topological polar surface area (TPSA) is 67.7 Å². The Hall–Kier alpha value is -4.78. The van der Waals surface area contributed by atoms with E-state index in [0.29, 0.717) is 30.1 Å². The third-order valence-corrected chi connectivity index (χ3v) is 8.70. The maximum Gasteiger partial charge on any atom is 0.416 e. The molecule has 13 heteroatoms. The van der Waals surface area contributed by atoms with Crippen molar-refractivity contribution in [1.29, 1.82) is 0 Å². The molecule has 1 fully saturated rings. The fourth-order valence-corrected chi connectivity index (χ4v) is 6.63. The molecule has 0 bridgehead atoms. The standard InChI is InChI=1S/C34H26F6N6S/c35-33(36,37)21-16-22(34(38,39)40)18-23(17-21)42-32(47)45-25-8-2-4-10-28(25)46-27-9-3-1-7-24(27)44-31(46)26-14-13-20-12-11-19-6-5-15-41-29(19)30(20)43-26/h1,3,5-7,9,11-18,25,28H,2,4,8,10H2,(H2,42,45,47)/t25-,28-/m1/s1. The first-order valence-electron chi connectivity index (χ1n) is 14.9. The van der Waals surface area contributed by atoms with Crippen molar-refractivity contribution in [3.8, 4) is 11.5 Å². The van der Waals surface area contributed by atoms with Gasteiger partial charge in [-0.05, 0) is 67.5 Å². The minimum atomic E-state index is -4.97. The maximum atomic E-state index is 13.5. The van der Waals surface area contributed by atoms with Crippen LogP contribution in [0.2, 0.25) is 0 Å². The molecule has 47 heavy (non-hydrogen) atoms. The van der Waals surface area contributed by atoms with Gasteiger partial charge in [0.25, 0.3) is 0 Å². The van der Waals surface area contributed by atoms with Crippen molar-refractivity contribution in [1.82, 2.24) is 24.8 Å². The van der Waals surface area contributed by atoms with E-state index < -0.39 is 29.2 Å². The number of hydrogen-bond donors (Lipinski definition) is 2. The van der Waals surface area contributed by atoms with Crippen LogP contribution in [0.15, 0.2) is 85.1 Å². The molecule has 6 aromatic rings. The van der Waals surface area contributed by atoms with E-state index in [9.17, 15) is 26.3 Å². The van der Waals surface area contributed by atoms with Gasteiger partial charge in [0.15, 0.2) is 10.9 Å². The lowest BCUT2D eigenvalue weighted by Crippen LogP contribution is -2.45. The van der Waals surface area contributed by atoms with Crippen molar-refractivity contribution in [2.24, 2.45) is 0 Å². The first kappa shape index (κ1) is 30.9. The summed E-state index contributed by atoms with van der Waals surface area (Å²) in [4.78, 5) is 14.6. The fourth-order valence-electron chi connectivity index (χ4n) is 6.36. The van der Waals surface area contributed by atoms with Crippen LogP contribution < -0.4 is 10.6 Å². The van der Waals surface area contributed by atoms with Crippen molar-refractivity contribution < 1.29 is 26.3 Å². The van der Waals surface area contributed by atoms with Crippen molar-refractivity contribution >= 4 is 55.9 Å². The molecule has 7 rings (SSSR count). The Bertz CT molecular complexity index is 2110. The number of benzene rings is 3. The van der Waals surface area contributed by atoms with Crippen LogP contribution in [0.5, 0.6) is 0 Å².